The van der Waals surface area contributed by atoms with Gasteiger partial charge in [0, 0.05) is 6.54 Å². The van der Waals surface area contributed by atoms with Gasteiger partial charge in [-0.05, 0) is 17.7 Å². The van der Waals surface area contributed by atoms with Gasteiger partial charge in [-0.15, -0.1) is 0 Å². The first-order chi connectivity index (χ1) is 7.17. The first-order valence-electron chi connectivity index (χ1n) is 4.56. The van der Waals surface area contributed by atoms with Crippen molar-refractivity contribution in [1.29, 1.82) is 0 Å². The number of hydrogen-bond acceptors (Lipinski definition) is 3. The molecule has 0 saturated heterocycles. The van der Waals surface area contributed by atoms with Crippen molar-refractivity contribution >= 4 is 23.2 Å². The average molecular weight is 250 g/mol. The van der Waals surface area contributed by atoms with Crippen LogP contribution in [-0.4, -0.2) is 29.5 Å². The molecule has 3 nitrogen and oxygen atoms in total. The molecule has 0 amide bonds. The number of aliphatic hydroxyl groups is 2. The molecule has 1 aromatic rings. The Hall–Kier alpha value is -0.320. The van der Waals surface area contributed by atoms with Crippen molar-refractivity contribution in [3.63, 3.8) is 0 Å². The summed E-state index contributed by atoms with van der Waals surface area (Å²) in [7, 11) is 0. The minimum atomic E-state index is -0.306. The van der Waals surface area contributed by atoms with Crippen LogP contribution < -0.4 is 5.32 Å². The van der Waals surface area contributed by atoms with Crippen LogP contribution in [0, 0.1) is 0 Å². The van der Waals surface area contributed by atoms with Crippen molar-refractivity contribution < 1.29 is 10.2 Å². The Morgan fingerprint density at radius 1 is 1.13 bits per heavy atom. The van der Waals surface area contributed by atoms with Crippen molar-refractivity contribution in [1.82, 2.24) is 5.32 Å². The molecule has 1 aromatic carbocycles. The second-order valence-corrected chi connectivity index (χ2v) is 4.01. The molecule has 0 radical (unpaired) electrons. The Balaban J connectivity index is 2.54. The van der Waals surface area contributed by atoms with Crippen LogP contribution in [0.2, 0.25) is 10.0 Å². The molecule has 3 N–H and O–H groups in total. The van der Waals surface area contributed by atoms with Gasteiger partial charge in [0.15, 0.2) is 0 Å². The fraction of sp³-hybridized carbons (Fsp3) is 0.400. The summed E-state index contributed by atoms with van der Waals surface area (Å²) < 4.78 is 0. The Morgan fingerprint density at radius 3 is 2.33 bits per heavy atom. The van der Waals surface area contributed by atoms with Gasteiger partial charge in [0.1, 0.15) is 0 Å². The molecule has 0 unspecified atom stereocenters. The zero-order chi connectivity index (χ0) is 11.3. The summed E-state index contributed by atoms with van der Waals surface area (Å²) in [6.45, 7) is 0.332. The van der Waals surface area contributed by atoms with Crippen LogP contribution in [0.4, 0.5) is 0 Å². The summed E-state index contributed by atoms with van der Waals surface area (Å²) in [6.07, 6.45) is 0. The van der Waals surface area contributed by atoms with Gasteiger partial charge in [-0.1, -0.05) is 29.3 Å². The maximum absolute atomic E-state index is 8.83. The van der Waals surface area contributed by atoms with Crippen LogP contribution in [0.3, 0.4) is 0 Å². The molecule has 0 heterocycles. The molecule has 5 heteroatoms. The smallest absolute Gasteiger partial charge is 0.0607 e. The van der Waals surface area contributed by atoms with Crippen molar-refractivity contribution in [2.24, 2.45) is 0 Å². The van der Waals surface area contributed by atoms with Gasteiger partial charge in [0.05, 0.1) is 29.3 Å². The van der Waals surface area contributed by atoms with Crippen LogP contribution >= 0.6 is 23.2 Å². The van der Waals surface area contributed by atoms with Crippen molar-refractivity contribution in [2.45, 2.75) is 12.6 Å². The molecule has 0 aliphatic heterocycles. The van der Waals surface area contributed by atoms with Gasteiger partial charge in [-0.2, -0.15) is 0 Å². The van der Waals surface area contributed by atoms with E-state index < -0.39 is 0 Å². The van der Waals surface area contributed by atoms with Gasteiger partial charge < -0.3 is 15.5 Å². The van der Waals surface area contributed by atoms with E-state index in [4.69, 9.17) is 33.4 Å². The van der Waals surface area contributed by atoms with Crippen molar-refractivity contribution in [3.05, 3.63) is 33.8 Å². The summed E-state index contributed by atoms with van der Waals surface area (Å²) in [5, 5.41) is 21.7. The van der Waals surface area contributed by atoms with Crippen LogP contribution in [0.25, 0.3) is 0 Å². The quantitative estimate of drug-likeness (QED) is 0.741. The number of halogens is 2. The van der Waals surface area contributed by atoms with Gasteiger partial charge in [-0.25, -0.2) is 0 Å². The Morgan fingerprint density at radius 2 is 1.80 bits per heavy atom. The Labute approximate surface area is 98.6 Å². The summed E-state index contributed by atoms with van der Waals surface area (Å²) >= 11 is 11.6. The highest BCUT2D eigenvalue weighted by Crippen LogP contribution is 2.22. The van der Waals surface area contributed by atoms with E-state index >= 15 is 0 Å². The molecule has 0 saturated carbocycles. The summed E-state index contributed by atoms with van der Waals surface area (Å²) in [4.78, 5) is 0. The highest BCUT2D eigenvalue weighted by Gasteiger charge is 2.05. The first-order valence-corrected chi connectivity index (χ1v) is 5.32. The predicted molar refractivity (Wildman–Crippen MR) is 61.3 cm³/mol. The monoisotopic (exact) mass is 249 g/mol. The molecule has 84 valence electrons. The third-order valence-corrected chi connectivity index (χ3v) is 2.76. The zero-order valence-electron chi connectivity index (χ0n) is 8.08. The molecule has 0 aliphatic carbocycles. The van der Waals surface area contributed by atoms with E-state index in [0.29, 0.717) is 16.6 Å². The van der Waals surface area contributed by atoms with Crippen molar-refractivity contribution in [3.8, 4) is 0 Å². The maximum Gasteiger partial charge on any atom is 0.0607 e. The standard InChI is InChI=1S/C10H13Cl2NO2/c11-9-2-1-7(3-10(9)12)4-13-8(5-14)6-15/h1-3,8,13-15H,4-6H2. The Bertz CT molecular complexity index is 316. The van der Waals surface area contributed by atoms with Gasteiger partial charge in [-0.3, -0.25) is 0 Å². The number of rotatable bonds is 5. The van der Waals surface area contributed by atoms with Gasteiger partial charge >= 0.3 is 0 Å². The van der Waals surface area contributed by atoms with E-state index in [1.54, 1.807) is 12.1 Å². The zero-order valence-corrected chi connectivity index (χ0v) is 9.59. The van der Waals surface area contributed by atoms with E-state index in [9.17, 15) is 0 Å². The van der Waals surface area contributed by atoms with Crippen LogP contribution in [0.5, 0.6) is 0 Å². The summed E-state index contributed by atoms with van der Waals surface area (Å²) in [5.41, 5.74) is 0.955. The number of hydrogen-bond donors (Lipinski definition) is 3. The lowest BCUT2D eigenvalue weighted by atomic mass is 10.2. The second kappa shape index (κ2) is 6.30. The minimum absolute atomic E-state index is 0.0994. The molecular weight excluding hydrogens is 237 g/mol. The second-order valence-electron chi connectivity index (χ2n) is 3.19. The van der Waals surface area contributed by atoms with E-state index in [-0.39, 0.29) is 19.3 Å². The third kappa shape index (κ3) is 3.97. The predicted octanol–water partition coefficient (Wildman–Crippen LogP) is 1.44. The van der Waals surface area contributed by atoms with E-state index in [1.807, 2.05) is 6.07 Å². The number of nitrogens with one attached hydrogen (secondary N) is 1. The summed E-state index contributed by atoms with van der Waals surface area (Å²) in [5.74, 6) is 0. The van der Waals surface area contributed by atoms with Gasteiger partial charge in [0.25, 0.3) is 0 Å². The van der Waals surface area contributed by atoms with Crippen LogP contribution in [0.15, 0.2) is 18.2 Å². The van der Waals surface area contributed by atoms with E-state index in [2.05, 4.69) is 5.32 Å². The molecular formula is C10H13Cl2NO2. The topological polar surface area (TPSA) is 52.5 Å². The largest absolute Gasteiger partial charge is 0.395 e. The van der Waals surface area contributed by atoms with Crippen LogP contribution in [-0.2, 0) is 6.54 Å². The number of benzene rings is 1. The molecule has 0 spiro atoms. The fourth-order valence-electron chi connectivity index (χ4n) is 1.10. The molecule has 0 bridgehead atoms. The molecule has 0 aliphatic rings. The lowest BCUT2D eigenvalue weighted by molar-refractivity contribution is 0.170. The van der Waals surface area contributed by atoms with Crippen LogP contribution in [0.1, 0.15) is 5.56 Å². The SMILES string of the molecule is OCC(CO)NCc1ccc(Cl)c(Cl)c1. The molecule has 15 heavy (non-hydrogen) atoms. The normalized spacial score (nSPS) is 11.0. The fourth-order valence-corrected chi connectivity index (χ4v) is 1.42. The maximum atomic E-state index is 8.83. The molecule has 1 rings (SSSR count). The lowest BCUT2D eigenvalue weighted by Gasteiger charge is -2.13. The first kappa shape index (κ1) is 12.7. The van der Waals surface area contributed by atoms with E-state index in [0.717, 1.165) is 5.56 Å². The highest BCUT2D eigenvalue weighted by atomic mass is 35.5. The summed E-state index contributed by atoms with van der Waals surface area (Å²) in [6, 6.07) is 5.00. The highest BCUT2D eigenvalue weighted by molar-refractivity contribution is 6.42. The van der Waals surface area contributed by atoms with Crippen molar-refractivity contribution in [2.75, 3.05) is 13.2 Å². The van der Waals surface area contributed by atoms with E-state index in [1.165, 1.54) is 0 Å². The van der Waals surface area contributed by atoms with Gasteiger partial charge in [0.2, 0.25) is 0 Å². The lowest BCUT2D eigenvalue weighted by Crippen LogP contribution is -2.35. The minimum Gasteiger partial charge on any atom is -0.395 e. The number of aliphatic hydroxyl groups excluding tert-OH is 2. The average Bonchev–Trinajstić information content (AvgIpc) is 2.24. The molecule has 0 atom stereocenters. The Kier molecular flexibility index (Phi) is 5.36. The third-order valence-electron chi connectivity index (χ3n) is 2.02. The molecule has 0 fully saturated rings. The molecule has 0 aromatic heterocycles.